The molecule has 0 aromatic carbocycles. The number of hydrogen-bond donors (Lipinski definition) is 1. The van der Waals surface area contributed by atoms with Gasteiger partial charge in [-0.25, -0.2) is 0 Å². The van der Waals surface area contributed by atoms with Crippen LogP contribution in [-0.2, 0) is 18.0 Å². The minimum Gasteiger partial charge on any atom is -0.324 e. The van der Waals surface area contributed by atoms with Crippen LogP contribution < -0.4 is 0 Å². The zero-order valence-corrected chi connectivity index (χ0v) is 10.4. The van der Waals surface area contributed by atoms with E-state index in [1.54, 1.807) is 0 Å². The summed E-state index contributed by atoms with van der Waals surface area (Å²) in [5.74, 6) is -0.505. The molecule has 13 heavy (non-hydrogen) atoms. The van der Waals surface area contributed by atoms with Crippen molar-refractivity contribution in [2.24, 2.45) is 0 Å². The van der Waals surface area contributed by atoms with Gasteiger partial charge in [-0.1, -0.05) is 0 Å². The van der Waals surface area contributed by atoms with E-state index < -0.39 is 27.9 Å². The Bertz CT molecular complexity index is 286. The summed E-state index contributed by atoms with van der Waals surface area (Å²) in [5, 5.41) is 0. The molecule has 5 nitrogen and oxygen atoms in total. The van der Waals surface area contributed by atoms with E-state index in [2.05, 4.69) is 4.31 Å². The van der Waals surface area contributed by atoms with Crippen molar-refractivity contribution >= 4 is 29.6 Å². The molecule has 0 aromatic rings. The van der Waals surface area contributed by atoms with Crippen LogP contribution >= 0.6 is 22.0 Å². The predicted octanol–water partition coefficient (Wildman–Crippen LogP) is 1.76. The zero-order valence-electron chi connectivity index (χ0n) is 7.71. The number of hydrogen-bond acceptors (Lipinski definition) is 4. The quantitative estimate of drug-likeness (QED) is 0.601. The standard InChI is InChI=1S/C4H12BO5P3/c1-11(2,6)4-13(8,9)10-12(3,5)7/h4H2,1-3H3,(H,8,9). The van der Waals surface area contributed by atoms with Crippen molar-refractivity contribution in [2.75, 3.05) is 25.9 Å². The highest BCUT2D eigenvalue weighted by molar-refractivity contribution is 7.88. The second kappa shape index (κ2) is 4.04. The molecule has 0 fully saturated rings. The summed E-state index contributed by atoms with van der Waals surface area (Å²) in [6.45, 7) is 3.71. The molecule has 0 saturated heterocycles. The van der Waals surface area contributed by atoms with Crippen LogP contribution in [0.4, 0.5) is 0 Å². The SMILES string of the molecule is [B]P(C)(=O)OP(=O)(O)CP(C)(C)=O. The Balaban J connectivity index is 4.54. The molecule has 0 bridgehead atoms. The summed E-state index contributed by atoms with van der Waals surface area (Å²) >= 11 is 0. The van der Waals surface area contributed by atoms with Crippen molar-refractivity contribution < 1.29 is 22.9 Å². The topological polar surface area (TPSA) is 80.7 Å². The molecule has 0 aliphatic rings. The largest absolute Gasteiger partial charge is 0.340 e. The molecule has 76 valence electrons. The third-order valence-corrected chi connectivity index (χ3v) is 7.28. The lowest BCUT2D eigenvalue weighted by Gasteiger charge is -2.17. The van der Waals surface area contributed by atoms with Crippen LogP contribution in [-0.4, -0.2) is 38.4 Å². The average molecular weight is 244 g/mol. The van der Waals surface area contributed by atoms with Crippen LogP contribution in [0.25, 0.3) is 0 Å². The second-order valence-corrected chi connectivity index (χ2v) is 11.4. The molecule has 0 aliphatic carbocycles. The molecule has 2 unspecified atom stereocenters. The van der Waals surface area contributed by atoms with E-state index in [0.29, 0.717) is 0 Å². The monoisotopic (exact) mass is 244 g/mol. The van der Waals surface area contributed by atoms with Gasteiger partial charge in [0.25, 0.3) is 0 Å². The van der Waals surface area contributed by atoms with Crippen LogP contribution in [0.2, 0.25) is 0 Å². The van der Waals surface area contributed by atoms with E-state index in [0.717, 1.165) is 6.66 Å². The minimum atomic E-state index is -4.09. The van der Waals surface area contributed by atoms with Gasteiger partial charge in [0.15, 0.2) is 7.25 Å². The maximum atomic E-state index is 11.2. The first-order chi connectivity index (χ1) is 5.41. The Hall–Kier alpha value is 0.675. The van der Waals surface area contributed by atoms with Crippen molar-refractivity contribution in [1.29, 1.82) is 0 Å². The number of rotatable bonds is 4. The maximum absolute atomic E-state index is 11.2. The van der Waals surface area contributed by atoms with Gasteiger partial charge in [-0.3, -0.25) is 8.88 Å². The second-order valence-electron chi connectivity index (χ2n) is 3.34. The molecule has 1 N–H and O–H groups in total. The van der Waals surface area contributed by atoms with Gasteiger partial charge < -0.3 is 14.0 Å². The fourth-order valence-electron chi connectivity index (χ4n) is 0.710. The molecule has 0 amide bonds. The third kappa shape index (κ3) is 8.99. The summed E-state index contributed by atoms with van der Waals surface area (Å²) < 4.78 is 37.5. The van der Waals surface area contributed by atoms with E-state index in [-0.39, 0.29) is 0 Å². The van der Waals surface area contributed by atoms with E-state index >= 15 is 0 Å². The van der Waals surface area contributed by atoms with Gasteiger partial charge in [0.1, 0.15) is 5.90 Å². The molecule has 0 heterocycles. The van der Waals surface area contributed by atoms with E-state index in [1.165, 1.54) is 13.3 Å². The van der Waals surface area contributed by atoms with Crippen LogP contribution in [0.3, 0.4) is 0 Å². The highest BCUT2D eigenvalue weighted by Gasteiger charge is 2.30. The predicted molar refractivity (Wildman–Crippen MR) is 54.5 cm³/mol. The van der Waals surface area contributed by atoms with Crippen molar-refractivity contribution in [3.05, 3.63) is 0 Å². The van der Waals surface area contributed by atoms with Gasteiger partial charge in [-0.15, -0.1) is 0 Å². The van der Waals surface area contributed by atoms with Gasteiger partial charge in [-0.2, -0.15) is 0 Å². The Labute approximate surface area is 79.0 Å². The summed E-state index contributed by atoms with van der Waals surface area (Å²) in [6, 6.07) is 0. The van der Waals surface area contributed by atoms with Crippen LogP contribution in [0.15, 0.2) is 0 Å². The Morgan fingerprint density at radius 2 is 1.62 bits per heavy atom. The molecule has 9 heteroatoms. The lowest BCUT2D eigenvalue weighted by atomic mass is 10.8. The van der Waals surface area contributed by atoms with Gasteiger partial charge in [0, 0.05) is 6.66 Å². The third-order valence-electron chi connectivity index (χ3n) is 0.809. The normalized spacial score (nSPS) is 21.8. The summed E-state index contributed by atoms with van der Waals surface area (Å²) in [6.07, 6.45) is 0. The maximum Gasteiger partial charge on any atom is 0.340 e. The van der Waals surface area contributed by atoms with Gasteiger partial charge in [-0.05, 0) is 13.3 Å². The summed E-state index contributed by atoms with van der Waals surface area (Å²) in [5.41, 5.74) is 0. The lowest BCUT2D eigenvalue weighted by Crippen LogP contribution is -1.93. The van der Waals surface area contributed by atoms with Crippen molar-refractivity contribution in [3.8, 4) is 0 Å². The molecule has 0 saturated carbocycles. The van der Waals surface area contributed by atoms with Gasteiger partial charge in [0.05, 0.1) is 7.14 Å². The minimum absolute atomic E-state index is 0.505. The molecule has 2 radical (unpaired) electrons. The molecule has 2 atom stereocenters. The molecule has 0 rings (SSSR count). The molecular weight excluding hydrogens is 232 g/mol. The Morgan fingerprint density at radius 1 is 1.23 bits per heavy atom. The van der Waals surface area contributed by atoms with Crippen molar-refractivity contribution in [3.63, 3.8) is 0 Å². The van der Waals surface area contributed by atoms with Crippen molar-refractivity contribution in [1.82, 2.24) is 0 Å². The fraction of sp³-hybridized carbons (Fsp3) is 1.00. The highest BCUT2D eigenvalue weighted by atomic mass is 31.3. The highest BCUT2D eigenvalue weighted by Crippen LogP contribution is 2.63. The van der Waals surface area contributed by atoms with Gasteiger partial charge >= 0.3 is 7.60 Å². The summed E-state index contributed by atoms with van der Waals surface area (Å²) in [7, 11) is -5.33. The first-order valence-corrected chi connectivity index (χ1v) is 10.0. The van der Waals surface area contributed by atoms with E-state index in [1.807, 2.05) is 0 Å². The van der Waals surface area contributed by atoms with Crippen LogP contribution in [0, 0.1) is 0 Å². The molecular formula is C4H12BO5P3. The fourth-order valence-corrected chi connectivity index (χ4v) is 6.85. The summed E-state index contributed by atoms with van der Waals surface area (Å²) in [4.78, 5) is 9.09. The van der Waals surface area contributed by atoms with Crippen LogP contribution in [0.5, 0.6) is 0 Å². The van der Waals surface area contributed by atoms with E-state index in [4.69, 9.17) is 12.5 Å². The Morgan fingerprint density at radius 3 is 1.85 bits per heavy atom. The van der Waals surface area contributed by atoms with Crippen molar-refractivity contribution in [2.45, 2.75) is 0 Å². The lowest BCUT2D eigenvalue weighted by molar-refractivity contribution is 0.387. The zero-order chi connectivity index (χ0) is 10.9. The van der Waals surface area contributed by atoms with Gasteiger partial charge in [0.2, 0.25) is 7.57 Å². The smallest absolute Gasteiger partial charge is 0.324 e. The first kappa shape index (κ1) is 13.7. The average Bonchev–Trinajstić information content (AvgIpc) is 1.43. The first-order valence-electron chi connectivity index (χ1n) is 3.35. The Kier molecular flexibility index (Phi) is 4.25. The molecule has 0 spiro atoms. The molecule has 0 aliphatic heterocycles. The van der Waals surface area contributed by atoms with Crippen LogP contribution in [0.1, 0.15) is 0 Å². The van der Waals surface area contributed by atoms with E-state index in [9.17, 15) is 13.7 Å². The molecule has 0 aromatic heterocycles.